The van der Waals surface area contributed by atoms with E-state index in [9.17, 15) is 17.2 Å². The van der Waals surface area contributed by atoms with Crippen LogP contribution in [0.2, 0.25) is 0 Å². The lowest BCUT2D eigenvalue weighted by molar-refractivity contribution is 0.574. The summed E-state index contributed by atoms with van der Waals surface area (Å²) in [6.45, 7) is 0. The van der Waals surface area contributed by atoms with Gasteiger partial charge in [-0.15, -0.1) is 10.2 Å². The van der Waals surface area contributed by atoms with Gasteiger partial charge in [0, 0.05) is 6.07 Å². The molecule has 2 aromatic heterocycles. The van der Waals surface area contributed by atoms with Crippen LogP contribution in [0.5, 0.6) is 0 Å². The van der Waals surface area contributed by atoms with Gasteiger partial charge in [-0.25, -0.2) is 21.9 Å². The fraction of sp³-hybridized carbons (Fsp3) is 0. The van der Waals surface area contributed by atoms with E-state index in [4.69, 9.17) is 0 Å². The standard InChI is InChI=1S/C19H12F2N4O2S/c20-13-6-8-17(15(21)12-13)25-18(10-11-22-25)16-7-9-19(24-23-16)28(26,27)14-4-2-1-3-5-14/h1-12H. The Kier molecular flexibility index (Phi) is 4.44. The van der Waals surface area contributed by atoms with Gasteiger partial charge < -0.3 is 0 Å². The van der Waals surface area contributed by atoms with Gasteiger partial charge in [0.25, 0.3) is 0 Å². The summed E-state index contributed by atoms with van der Waals surface area (Å²) in [5, 5.41) is 11.6. The molecule has 2 heterocycles. The van der Waals surface area contributed by atoms with Crippen molar-refractivity contribution in [3.05, 3.63) is 84.6 Å². The smallest absolute Gasteiger partial charge is 0.225 e. The first-order valence-electron chi connectivity index (χ1n) is 8.10. The number of sulfone groups is 1. The molecule has 0 fully saturated rings. The Morgan fingerprint density at radius 1 is 0.857 bits per heavy atom. The van der Waals surface area contributed by atoms with Gasteiger partial charge in [0.15, 0.2) is 10.8 Å². The molecular formula is C19H12F2N4O2S. The molecule has 0 N–H and O–H groups in total. The van der Waals surface area contributed by atoms with Crippen molar-refractivity contribution in [2.24, 2.45) is 0 Å². The van der Waals surface area contributed by atoms with E-state index in [-0.39, 0.29) is 21.3 Å². The zero-order valence-electron chi connectivity index (χ0n) is 14.2. The minimum atomic E-state index is -3.80. The van der Waals surface area contributed by atoms with Gasteiger partial charge in [-0.1, -0.05) is 18.2 Å². The quantitative estimate of drug-likeness (QED) is 0.526. The van der Waals surface area contributed by atoms with Crippen molar-refractivity contribution in [2.45, 2.75) is 9.92 Å². The predicted molar refractivity (Wildman–Crippen MR) is 96.4 cm³/mol. The monoisotopic (exact) mass is 398 g/mol. The molecule has 28 heavy (non-hydrogen) atoms. The molecule has 0 aliphatic carbocycles. The predicted octanol–water partition coefficient (Wildman–Crippen LogP) is 3.44. The summed E-state index contributed by atoms with van der Waals surface area (Å²) in [6, 6.07) is 15.3. The number of hydrogen-bond acceptors (Lipinski definition) is 5. The minimum absolute atomic E-state index is 0.0317. The largest absolute Gasteiger partial charge is 0.228 e. The zero-order chi connectivity index (χ0) is 19.7. The molecule has 0 amide bonds. The molecule has 0 atom stereocenters. The van der Waals surface area contributed by atoms with Crippen LogP contribution in [0.4, 0.5) is 8.78 Å². The Labute approximate surface area is 159 Å². The normalized spacial score (nSPS) is 11.5. The molecule has 0 aliphatic heterocycles. The Morgan fingerprint density at radius 3 is 2.32 bits per heavy atom. The molecule has 0 radical (unpaired) electrons. The molecule has 4 rings (SSSR count). The molecular weight excluding hydrogens is 386 g/mol. The van der Waals surface area contributed by atoms with Gasteiger partial charge in [0.2, 0.25) is 9.84 Å². The average Bonchev–Trinajstić information content (AvgIpc) is 3.18. The van der Waals surface area contributed by atoms with Gasteiger partial charge in [-0.05, 0) is 42.5 Å². The van der Waals surface area contributed by atoms with Gasteiger partial charge in [0.05, 0.1) is 16.8 Å². The van der Waals surface area contributed by atoms with Crippen molar-refractivity contribution in [2.75, 3.05) is 0 Å². The maximum atomic E-state index is 14.1. The van der Waals surface area contributed by atoms with Crippen molar-refractivity contribution < 1.29 is 17.2 Å². The highest BCUT2D eigenvalue weighted by atomic mass is 32.2. The zero-order valence-corrected chi connectivity index (χ0v) is 15.0. The number of aromatic nitrogens is 4. The van der Waals surface area contributed by atoms with Crippen LogP contribution in [0.25, 0.3) is 17.1 Å². The third-order valence-corrected chi connectivity index (χ3v) is 5.67. The van der Waals surface area contributed by atoms with Crippen LogP contribution in [-0.4, -0.2) is 28.4 Å². The second-order valence-electron chi connectivity index (χ2n) is 5.80. The van der Waals surface area contributed by atoms with Gasteiger partial charge >= 0.3 is 0 Å². The highest BCUT2D eigenvalue weighted by Gasteiger charge is 2.20. The third kappa shape index (κ3) is 3.16. The second kappa shape index (κ2) is 6.93. The van der Waals surface area contributed by atoms with Crippen LogP contribution >= 0.6 is 0 Å². The second-order valence-corrected chi connectivity index (χ2v) is 7.69. The van der Waals surface area contributed by atoms with Crippen LogP contribution < -0.4 is 0 Å². The lowest BCUT2D eigenvalue weighted by Gasteiger charge is -2.08. The van der Waals surface area contributed by atoms with E-state index in [1.807, 2.05) is 0 Å². The number of hydrogen-bond donors (Lipinski definition) is 0. The third-order valence-electron chi connectivity index (χ3n) is 4.01. The Balaban J connectivity index is 1.73. The van der Waals surface area contributed by atoms with Crippen molar-refractivity contribution in [1.82, 2.24) is 20.0 Å². The molecule has 2 aromatic carbocycles. The Hall–Kier alpha value is -3.46. The van der Waals surface area contributed by atoms with E-state index < -0.39 is 21.5 Å². The average molecular weight is 398 g/mol. The highest BCUT2D eigenvalue weighted by molar-refractivity contribution is 7.91. The van der Waals surface area contributed by atoms with E-state index in [1.54, 1.807) is 24.3 Å². The summed E-state index contributed by atoms with van der Waals surface area (Å²) in [4.78, 5) is 0.107. The number of benzene rings is 2. The highest BCUT2D eigenvalue weighted by Crippen LogP contribution is 2.24. The molecule has 0 spiro atoms. The van der Waals surface area contributed by atoms with Crippen LogP contribution in [0.15, 0.2) is 82.8 Å². The van der Waals surface area contributed by atoms with E-state index in [1.165, 1.54) is 41.2 Å². The molecule has 0 unspecified atom stereocenters. The summed E-state index contributed by atoms with van der Waals surface area (Å²) in [5.74, 6) is -1.49. The molecule has 140 valence electrons. The van der Waals surface area contributed by atoms with E-state index >= 15 is 0 Å². The van der Waals surface area contributed by atoms with Crippen LogP contribution in [0.3, 0.4) is 0 Å². The van der Waals surface area contributed by atoms with Crippen LogP contribution in [0, 0.1) is 11.6 Å². The van der Waals surface area contributed by atoms with E-state index in [0.717, 1.165) is 12.1 Å². The Morgan fingerprint density at radius 2 is 1.64 bits per heavy atom. The summed E-state index contributed by atoms with van der Waals surface area (Å²) in [5.41, 5.74) is 0.694. The van der Waals surface area contributed by atoms with Crippen molar-refractivity contribution in [3.63, 3.8) is 0 Å². The number of rotatable bonds is 4. The minimum Gasteiger partial charge on any atom is -0.228 e. The molecule has 9 heteroatoms. The summed E-state index contributed by atoms with van der Waals surface area (Å²) in [6.07, 6.45) is 1.43. The topological polar surface area (TPSA) is 77.7 Å². The number of nitrogens with zero attached hydrogens (tertiary/aromatic N) is 4. The fourth-order valence-electron chi connectivity index (χ4n) is 2.66. The van der Waals surface area contributed by atoms with Crippen molar-refractivity contribution >= 4 is 9.84 Å². The van der Waals surface area contributed by atoms with E-state index in [2.05, 4.69) is 15.3 Å². The lowest BCUT2D eigenvalue weighted by Crippen LogP contribution is -2.07. The maximum Gasteiger partial charge on any atom is 0.225 e. The number of halogens is 2. The SMILES string of the molecule is O=S(=O)(c1ccccc1)c1ccc(-c2ccnn2-c2ccc(F)cc2F)nn1. The van der Waals surface area contributed by atoms with Crippen molar-refractivity contribution in [3.8, 4) is 17.1 Å². The van der Waals surface area contributed by atoms with Gasteiger partial charge in [-0.2, -0.15) is 5.10 Å². The van der Waals surface area contributed by atoms with Gasteiger partial charge in [0.1, 0.15) is 17.2 Å². The molecule has 0 bridgehead atoms. The van der Waals surface area contributed by atoms with E-state index in [0.29, 0.717) is 5.69 Å². The Bertz CT molecular complexity index is 1240. The van der Waals surface area contributed by atoms with Crippen LogP contribution in [0.1, 0.15) is 0 Å². The fourth-order valence-corrected chi connectivity index (χ4v) is 3.82. The maximum absolute atomic E-state index is 14.1. The molecule has 0 saturated heterocycles. The summed E-state index contributed by atoms with van der Waals surface area (Å²) < 4.78 is 53.7. The molecule has 6 nitrogen and oxygen atoms in total. The molecule has 4 aromatic rings. The molecule has 0 saturated carbocycles. The molecule has 0 aliphatic rings. The summed E-state index contributed by atoms with van der Waals surface area (Å²) in [7, 11) is -3.80. The van der Waals surface area contributed by atoms with Crippen LogP contribution in [-0.2, 0) is 9.84 Å². The first-order chi connectivity index (χ1) is 13.5. The first kappa shape index (κ1) is 17.9. The lowest BCUT2D eigenvalue weighted by atomic mass is 10.2. The van der Waals surface area contributed by atoms with Crippen molar-refractivity contribution in [1.29, 1.82) is 0 Å². The van der Waals surface area contributed by atoms with Gasteiger partial charge in [-0.3, -0.25) is 0 Å². The first-order valence-corrected chi connectivity index (χ1v) is 9.59. The summed E-state index contributed by atoms with van der Waals surface area (Å²) >= 11 is 0.